The van der Waals surface area contributed by atoms with Crippen LogP contribution in [0.1, 0.15) is 31.9 Å². The minimum atomic E-state index is -0.655. The molecule has 0 saturated heterocycles. The maximum absolute atomic E-state index is 10.3. The number of benzene rings is 1. The van der Waals surface area contributed by atoms with Gasteiger partial charge in [0.15, 0.2) is 0 Å². The molecule has 2 unspecified atom stereocenters. The summed E-state index contributed by atoms with van der Waals surface area (Å²) in [5, 5.41) is 10.3. The van der Waals surface area contributed by atoms with Crippen molar-refractivity contribution in [2.24, 2.45) is 0 Å². The van der Waals surface area contributed by atoms with Crippen LogP contribution < -0.4 is 4.74 Å². The van der Waals surface area contributed by atoms with Crippen molar-refractivity contribution < 1.29 is 14.6 Å². The van der Waals surface area contributed by atoms with E-state index in [9.17, 15) is 5.11 Å². The SMILES string of the molecule is CCC(C)(OC)C(O)c1cccc(OC)c1. The minimum Gasteiger partial charge on any atom is -0.497 e. The van der Waals surface area contributed by atoms with E-state index in [1.807, 2.05) is 38.1 Å². The number of methoxy groups -OCH3 is 2. The summed E-state index contributed by atoms with van der Waals surface area (Å²) < 4.78 is 10.5. The Balaban J connectivity index is 2.98. The lowest BCUT2D eigenvalue weighted by molar-refractivity contribution is -0.0944. The molecule has 0 aliphatic heterocycles. The van der Waals surface area contributed by atoms with Crippen LogP contribution in [0.5, 0.6) is 5.75 Å². The quantitative estimate of drug-likeness (QED) is 0.835. The summed E-state index contributed by atoms with van der Waals surface area (Å²) in [4.78, 5) is 0. The fourth-order valence-corrected chi connectivity index (χ4v) is 1.61. The van der Waals surface area contributed by atoms with Crippen molar-refractivity contribution in [3.8, 4) is 5.75 Å². The molecule has 0 saturated carbocycles. The maximum atomic E-state index is 10.3. The van der Waals surface area contributed by atoms with Crippen LogP contribution in [-0.2, 0) is 4.74 Å². The summed E-state index contributed by atoms with van der Waals surface area (Å²) in [6.07, 6.45) is 0.0830. The Morgan fingerprint density at radius 2 is 2.06 bits per heavy atom. The highest BCUT2D eigenvalue weighted by Gasteiger charge is 2.32. The van der Waals surface area contributed by atoms with E-state index < -0.39 is 11.7 Å². The predicted octanol–water partition coefficient (Wildman–Crippen LogP) is 2.54. The molecule has 0 heterocycles. The lowest BCUT2D eigenvalue weighted by Crippen LogP contribution is -2.34. The standard InChI is InChI=1S/C13H20O3/c1-5-13(2,16-4)12(14)10-7-6-8-11(9-10)15-3/h6-9,12,14H,5H2,1-4H3. The van der Waals surface area contributed by atoms with Gasteiger partial charge in [-0.2, -0.15) is 0 Å². The molecule has 0 aromatic heterocycles. The predicted molar refractivity (Wildman–Crippen MR) is 63.7 cm³/mol. The first-order valence-electron chi connectivity index (χ1n) is 5.44. The molecule has 0 aliphatic rings. The third kappa shape index (κ3) is 2.54. The summed E-state index contributed by atoms with van der Waals surface area (Å²) in [6.45, 7) is 3.89. The fraction of sp³-hybridized carbons (Fsp3) is 0.538. The maximum Gasteiger partial charge on any atom is 0.119 e. The number of hydrogen-bond acceptors (Lipinski definition) is 3. The average molecular weight is 224 g/mol. The zero-order valence-electron chi connectivity index (χ0n) is 10.4. The molecule has 0 fully saturated rings. The zero-order valence-corrected chi connectivity index (χ0v) is 10.4. The molecule has 3 nitrogen and oxygen atoms in total. The van der Waals surface area contributed by atoms with Crippen LogP contribution in [0.25, 0.3) is 0 Å². The highest BCUT2D eigenvalue weighted by molar-refractivity contribution is 5.31. The van der Waals surface area contributed by atoms with E-state index in [2.05, 4.69) is 0 Å². The van der Waals surface area contributed by atoms with E-state index >= 15 is 0 Å². The molecule has 0 aliphatic carbocycles. The summed E-state index contributed by atoms with van der Waals surface area (Å²) in [6, 6.07) is 7.42. The molecule has 2 atom stereocenters. The number of rotatable bonds is 5. The molecule has 1 aromatic carbocycles. The van der Waals surface area contributed by atoms with Crippen LogP contribution in [0.3, 0.4) is 0 Å². The van der Waals surface area contributed by atoms with Gasteiger partial charge < -0.3 is 14.6 Å². The second-order valence-electron chi connectivity index (χ2n) is 4.05. The Labute approximate surface area is 97.0 Å². The van der Waals surface area contributed by atoms with Crippen LogP contribution in [0.2, 0.25) is 0 Å². The average Bonchev–Trinajstić information content (AvgIpc) is 2.37. The van der Waals surface area contributed by atoms with Crippen LogP contribution in [0.15, 0.2) is 24.3 Å². The van der Waals surface area contributed by atoms with Crippen molar-refractivity contribution in [2.45, 2.75) is 32.0 Å². The normalized spacial score (nSPS) is 16.6. The van der Waals surface area contributed by atoms with Gasteiger partial charge in [0.05, 0.1) is 12.7 Å². The van der Waals surface area contributed by atoms with Crippen molar-refractivity contribution in [1.29, 1.82) is 0 Å². The number of ether oxygens (including phenoxy) is 2. The van der Waals surface area contributed by atoms with Crippen LogP contribution in [0, 0.1) is 0 Å². The van der Waals surface area contributed by atoms with Crippen LogP contribution in [0.4, 0.5) is 0 Å². The van der Waals surface area contributed by atoms with Crippen molar-refractivity contribution >= 4 is 0 Å². The number of aliphatic hydroxyl groups excluding tert-OH is 1. The molecule has 1 N–H and O–H groups in total. The van der Waals surface area contributed by atoms with E-state index in [1.165, 1.54) is 0 Å². The highest BCUT2D eigenvalue weighted by atomic mass is 16.5. The third-order valence-corrected chi connectivity index (χ3v) is 3.16. The van der Waals surface area contributed by atoms with Gasteiger partial charge >= 0.3 is 0 Å². The van der Waals surface area contributed by atoms with Crippen molar-refractivity contribution in [3.63, 3.8) is 0 Å². The summed E-state index contributed by atoms with van der Waals surface area (Å²) in [5.74, 6) is 0.742. The molecule has 16 heavy (non-hydrogen) atoms. The molecule has 0 bridgehead atoms. The Morgan fingerprint density at radius 1 is 1.38 bits per heavy atom. The lowest BCUT2D eigenvalue weighted by atomic mass is 9.90. The van der Waals surface area contributed by atoms with Gasteiger partial charge in [0.2, 0.25) is 0 Å². The Bertz CT molecular complexity index is 332. The summed E-state index contributed by atoms with van der Waals surface area (Å²) in [7, 11) is 3.23. The fourth-order valence-electron chi connectivity index (χ4n) is 1.61. The van der Waals surface area contributed by atoms with E-state index in [1.54, 1.807) is 14.2 Å². The van der Waals surface area contributed by atoms with Gasteiger partial charge in [-0.25, -0.2) is 0 Å². The first-order valence-corrected chi connectivity index (χ1v) is 5.44. The monoisotopic (exact) mass is 224 g/mol. The van der Waals surface area contributed by atoms with Crippen LogP contribution in [-0.4, -0.2) is 24.9 Å². The molecule has 0 amide bonds. The number of aliphatic hydroxyl groups is 1. The minimum absolute atomic E-state index is 0.563. The second kappa shape index (κ2) is 5.32. The first-order chi connectivity index (χ1) is 7.57. The van der Waals surface area contributed by atoms with E-state index in [-0.39, 0.29) is 0 Å². The molecular weight excluding hydrogens is 204 g/mol. The van der Waals surface area contributed by atoms with Gasteiger partial charge in [0.25, 0.3) is 0 Å². The molecule has 3 heteroatoms. The van der Waals surface area contributed by atoms with Gasteiger partial charge in [-0.3, -0.25) is 0 Å². The van der Waals surface area contributed by atoms with Gasteiger partial charge in [0.1, 0.15) is 11.9 Å². The highest BCUT2D eigenvalue weighted by Crippen LogP contribution is 2.32. The lowest BCUT2D eigenvalue weighted by Gasteiger charge is -2.32. The van der Waals surface area contributed by atoms with Gasteiger partial charge in [-0.05, 0) is 31.0 Å². The summed E-state index contributed by atoms with van der Waals surface area (Å²) in [5.41, 5.74) is 0.248. The molecular formula is C13H20O3. The van der Waals surface area contributed by atoms with Gasteiger partial charge in [0, 0.05) is 7.11 Å². The van der Waals surface area contributed by atoms with Crippen molar-refractivity contribution in [2.75, 3.05) is 14.2 Å². The van der Waals surface area contributed by atoms with Crippen molar-refractivity contribution in [3.05, 3.63) is 29.8 Å². The van der Waals surface area contributed by atoms with Crippen LogP contribution >= 0.6 is 0 Å². The Hall–Kier alpha value is -1.06. The molecule has 0 radical (unpaired) electrons. The summed E-state index contributed by atoms with van der Waals surface area (Å²) >= 11 is 0. The van der Waals surface area contributed by atoms with E-state index in [4.69, 9.17) is 9.47 Å². The molecule has 1 rings (SSSR count). The smallest absolute Gasteiger partial charge is 0.119 e. The number of hydrogen-bond donors (Lipinski definition) is 1. The first kappa shape index (κ1) is 13.0. The van der Waals surface area contributed by atoms with Crippen molar-refractivity contribution in [1.82, 2.24) is 0 Å². The van der Waals surface area contributed by atoms with Gasteiger partial charge in [-0.1, -0.05) is 19.1 Å². The molecule has 0 spiro atoms. The molecule has 1 aromatic rings. The van der Waals surface area contributed by atoms with Gasteiger partial charge in [-0.15, -0.1) is 0 Å². The largest absolute Gasteiger partial charge is 0.497 e. The second-order valence-corrected chi connectivity index (χ2v) is 4.05. The van der Waals surface area contributed by atoms with E-state index in [0.29, 0.717) is 0 Å². The molecule has 90 valence electrons. The topological polar surface area (TPSA) is 38.7 Å². The Morgan fingerprint density at radius 3 is 2.56 bits per heavy atom. The zero-order chi connectivity index (χ0) is 12.2. The third-order valence-electron chi connectivity index (χ3n) is 3.16. The van der Waals surface area contributed by atoms with E-state index in [0.717, 1.165) is 17.7 Å². The Kier molecular flexibility index (Phi) is 4.33.